The Morgan fingerprint density at radius 3 is 2.80 bits per heavy atom. The van der Waals surface area contributed by atoms with Gasteiger partial charge in [0.25, 0.3) is 0 Å². The van der Waals surface area contributed by atoms with Gasteiger partial charge in [-0.15, -0.1) is 0 Å². The van der Waals surface area contributed by atoms with E-state index in [1.54, 1.807) is 12.1 Å². The highest BCUT2D eigenvalue weighted by molar-refractivity contribution is 6.30. The zero-order valence-electron chi connectivity index (χ0n) is 7.84. The van der Waals surface area contributed by atoms with Gasteiger partial charge in [0.1, 0.15) is 11.6 Å². The summed E-state index contributed by atoms with van der Waals surface area (Å²) in [6.07, 6.45) is 1.52. The van der Waals surface area contributed by atoms with Crippen LogP contribution in [0.3, 0.4) is 0 Å². The van der Waals surface area contributed by atoms with Gasteiger partial charge in [0, 0.05) is 10.6 Å². The van der Waals surface area contributed by atoms with E-state index < -0.39 is 0 Å². The normalized spacial score (nSPS) is 10.6. The number of nitrogens with two attached hydrogens (primary N) is 1. The average Bonchev–Trinajstić information content (AvgIpc) is 2.63. The average molecular weight is 226 g/mol. The van der Waals surface area contributed by atoms with Crippen LogP contribution in [-0.2, 0) is 6.54 Å². The molecule has 0 aliphatic rings. The molecule has 1 aromatic heterocycles. The van der Waals surface area contributed by atoms with E-state index in [-0.39, 0.29) is 12.4 Å². The molecule has 2 aromatic rings. The van der Waals surface area contributed by atoms with E-state index in [0.717, 1.165) is 5.56 Å². The fraction of sp³-hybridized carbons (Fsp3) is 0.0909. The first kappa shape index (κ1) is 10.2. The molecule has 2 nitrogen and oxygen atoms in total. The van der Waals surface area contributed by atoms with E-state index in [1.807, 2.05) is 0 Å². The Kier molecular flexibility index (Phi) is 2.75. The first-order valence-corrected chi connectivity index (χ1v) is 4.81. The van der Waals surface area contributed by atoms with Gasteiger partial charge < -0.3 is 10.2 Å². The zero-order chi connectivity index (χ0) is 10.8. The molecule has 0 fully saturated rings. The molecule has 15 heavy (non-hydrogen) atoms. The van der Waals surface area contributed by atoms with Crippen LogP contribution in [0.5, 0.6) is 0 Å². The largest absolute Gasteiger partial charge is 0.467 e. The number of hydrogen-bond donors (Lipinski definition) is 1. The minimum Gasteiger partial charge on any atom is -0.467 e. The maximum Gasteiger partial charge on any atom is 0.125 e. The third-order valence-corrected chi connectivity index (χ3v) is 2.32. The summed E-state index contributed by atoms with van der Waals surface area (Å²) in [5.41, 5.74) is 6.94. The Balaban J connectivity index is 2.53. The summed E-state index contributed by atoms with van der Waals surface area (Å²) in [7, 11) is 0. The number of rotatable bonds is 2. The molecule has 0 aliphatic heterocycles. The maximum atomic E-state index is 13.1. The minimum atomic E-state index is -0.373. The molecule has 0 bridgehead atoms. The first-order valence-electron chi connectivity index (χ1n) is 4.43. The second-order valence-corrected chi connectivity index (χ2v) is 3.56. The Morgan fingerprint density at radius 1 is 1.33 bits per heavy atom. The molecule has 0 saturated carbocycles. The Labute approximate surface area is 91.5 Å². The van der Waals surface area contributed by atoms with E-state index in [2.05, 4.69) is 0 Å². The van der Waals surface area contributed by atoms with Crippen molar-refractivity contribution in [2.75, 3.05) is 0 Å². The minimum absolute atomic E-state index is 0.274. The van der Waals surface area contributed by atoms with Crippen LogP contribution in [0.2, 0.25) is 5.02 Å². The third-order valence-electron chi connectivity index (χ3n) is 2.10. The fourth-order valence-electron chi connectivity index (χ4n) is 1.47. The number of halogens is 2. The molecule has 0 amide bonds. The van der Waals surface area contributed by atoms with Crippen LogP contribution >= 0.6 is 11.6 Å². The lowest BCUT2D eigenvalue weighted by Crippen LogP contribution is -1.96. The highest BCUT2D eigenvalue weighted by atomic mass is 35.5. The summed E-state index contributed by atoms with van der Waals surface area (Å²) >= 11 is 5.76. The predicted molar refractivity (Wildman–Crippen MR) is 57.0 cm³/mol. The number of furan rings is 1. The predicted octanol–water partition coefficient (Wildman–Crippen LogP) is 3.20. The van der Waals surface area contributed by atoms with Gasteiger partial charge in [-0.05, 0) is 29.8 Å². The lowest BCUT2D eigenvalue weighted by molar-refractivity contribution is 0.513. The highest BCUT2D eigenvalue weighted by Gasteiger charge is 2.08. The van der Waals surface area contributed by atoms with Crippen LogP contribution in [0.25, 0.3) is 11.1 Å². The third kappa shape index (κ3) is 2.03. The van der Waals surface area contributed by atoms with Gasteiger partial charge in [-0.2, -0.15) is 0 Å². The van der Waals surface area contributed by atoms with Gasteiger partial charge in [-0.25, -0.2) is 4.39 Å². The van der Waals surface area contributed by atoms with Crippen LogP contribution in [0.4, 0.5) is 4.39 Å². The molecule has 0 saturated heterocycles. The quantitative estimate of drug-likeness (QED) is 0.853. The Morgan fingerprint density at radius 2 is 2.13 bits per heavy atom. The molecule has 0 aliphatic carbocycles. The number of hydrogen-bond acceptors (Lipinski definition) is 2. The molecule has 0 radical (unpaired) electrons. The summed E-state index contributed by atoms with van der Waals surface area (Å²) in [5.74, 6) is 0.248. The zero-order valence-corrected chi connectivity index (χ0v) is 8.59. The van der Waals surface area contributed by atoms with Gasteiger partial charge in [-0.1, -0.05) is 11.6 Å². The second-order valence-electron chi connectivity index (χ2n) is 3.12. The Hall–Kier alpha value is -1.32. The summed E-state index contributed by atoms with van der Waals surface area (Å²) in [6.45, 7) is 0.274. The summed E-state index contributed by atoms with van der Waals surface area (Å²) in [6, 6.07) is 6.07. The summed E-state index contributed by atoms with van der Waals surface area (Å²) in [5, 5.41) is 0.356. The monoisotopic (exact) mass is 225 g/mol. The van der Waals surface area contributed by atoms with E-state index in [0.29, 0.717) is 16.3 Å². The van der Waals surface area contributed by atoms with Crippen molar-refractivity contribution in [2.24, 2.45) is 5.73 Å². The van der Waals surface area contributed by atoms with Crippen LogP contribution < -0.4 is 5.73 Å². The summed E-state index contributed by atoms with van der Waals surface area (Å²) < 4.78 is 18.3. The van der Waals surface area contributed by atoms with Crippen molar-refractivity contribution in [3.63, 3.8) is 0 Å². The maximum absolute atomic E-state index is 13.1. The van der Waals surface area contributed by atoms with Crippen LogP contribution in [0.1, 0.15) is 5.76 Å². The molecule has 1 heterocycles. The topological polar surface area (TPSA) is 39.2 Å². The molecule has 2 rings (SSSR count). The van der Waals surface area contributed by atoms with E-state index in [9.17, 15) is 4.39 Å². The van der Waals surface area contributed by atoms with Gasteiger partial charge in [0.2, 0.25) is 0 Å². The molecule has 0 atom stereocenters. The van der Waals surface area contributed by atoms with Crippen molar-refractivity contribution >= 4 is 11.6 Å². The standard InChI is InChI=1S/C11H9ClFNO/c12-8-3-7(4-9(13)5-8)10-1-2-15-11(10)6-14/h1-5H,6,14H2. The van der Waals surface area contributed by atoms with E-state index >= 15 is 0 Å². The lowest BCUT2D eigenvalue weighted by atomic mass is 10.1. The molecule has 2 N–H and O–H groups in total. The van der Waals surface area contributed by atoms with Gasteiger partial charge in [0.15, 0.2) is 0 Å². The molecular weight excluding hydrogens is 217 g/mol. The molecule has 0 unspecified atom stereocenters. The molecule has 78 valence electrons. The van der Waals surface area contributed by atoms with Crippen molar-refractivity contribution in [1.29, 1.82) is 0 Å². The van der Waals surface area contributed by atoms with Crippen molar-refractivity contribution in [3.8, 4) is 11.1 Å². The SMILES string of the molecule is NCc1occc1-c1cc(F)cc(Cl)c1. The molecular formula is C11H9ClFNO. The lowest BCUT2D eigenvalue weighted by Gasteiger charge is -2.02. The van der Waals surface area contributed by atoms with Crippen LogP contribution in [-0.4, -0.2) is 0 Å². The van der Waals surface area contributed by atoms with Crippen molar-refractivity contribution in [2.45, 2.75) is 6.54 Å². The first-order chi connectivity index (χ1) is 7.20. The van der Waals surface area contributed by atoms with Gasteiger partial charge >= 0.3 is 0 Å². The molecule has 4 heteroatoms. The smallest absolute Gasteiger partial charge is 0.125 e. The second kappa shape index (κ2) is 4.04. The van der Waals surface area contributed by atoms with Crippen LogP contribution in [0.15, 0.2) is 34.9 Å². The molecule has 1 aromatic carbocycles. The van der Waals surface area contributed by atoms with E-state index in [4.69, 9.17) is 21.8 Å². The Bertz CT molecular complexity index is 461. The fourth-order valence-corrected chi connectivity index (χ4v) is 1.69. The molecule has 0 spiro atoms. The highest BCUT2D eigenvalue weighted by Crippen LogP contribution is 2.27. The van der Waals surface area contributed by atoms with Gasteiger partial charge in [-0.3, -0.25) is 0 Å². The number of benzene rings is 1. The summed E-state index contributed by atoms with van der Waals surface area (Å²) in [4.78, 5) is 0. The van der Waals surface area contributed by atoms with Crippen LogP contribution in [0, 0.1) is 5.82 Å². The van der Waals surface area contributed by atoms with E-state index in [1.165, 1.54) is 18.4 Å². The van der Waals surface area contributed by atoms with Crippen molar-refractivity contribution in [1.82, 2.24) is 0 Å². The van der Waals surface area contributed by atoms with Crippen molar-refractivity contribution < 1.29 is 8.81 Å². The van der Waals surface area contributed by atoms with Crippen molar-refractivity contribution in [3.05, 3.63) is 47.1 Å². The van der Waals surface area contributed by atoms with Gasteiger partial charge in [0.05, 0.1) is 12.8 Å².